The van der Waals surface area contributed by atoms with Gasteiger partial charge in [0.2, 0.25) is 5.91 Å². The number of aromatic nitrogens is 1. The lowest BCUT2D eigenvalue weighted by molar-refractivity contribution is -0.121. The Hall–Kier alpha value is -1.66. The van der Waals surface area contributed by atoms with Crippen molar-refractivity contribution in [3.05, 3.63) is 24.0 Å². The van der Waals surface area contributed by atoms with Gasteiger partial charge in [-0.2, -0.15) is 0 Å². The summed E-state index contributed by atoms with van der Waals surface area (Å²) in [5, 5.41) is 2.37. The normalized spacial score (nSPS) is 21.3. The van der Waals surface area contributed by atoms with Crippen LogP contribution >= 0.6 is 0 Å². The summed E-state index contributed by atoms with van der Waals surface area (Å²) in [5.74, 6) is -0.227. The van der Waals surface area contributed by atoms with E-state index in [2.05, 4.69) is 10.3 Å². The van der Waals surface area contributed by atoms with E-state index < -0.39 is 5.91 Å². The number of carbonyl (C=O) groups excluding carboxylic acids is 2. The number of nitrogens with zero attached hydrogens (tertiary/aromatic N) is 1. The quantitative estimate of drug-likeness (QED) is 0.710. The zero-order chi connectivity index (χ0) is 13.8. The molecule has 1 aliphatic rings. The molecular weight excluding hydrogens is 244 g/mol. The first kappa shape index (κ1) is 13.8. The zero-order valence-corrected chi connectivity index (χ0v) is 11.1. The van der Waals surface area contributed by atoms with Gasteiger partial charge in [-0.15, -0.1) is 0 Å². The van der Waals surface area contributed by atoms with E-state index in [0.717, 1.165) is 19.5 Å². The molecule has 2 heterocycles. The lowest BCUT2D eigenvalue weighted by Crippen LogP contribution is -2.40. The highest BCUT2D eigenvalue weighted by Gasteiger charge is 2.26. The minimum atomic E-state index is -0.391. The molecule has 1 fully saturated rings. The Balaban J connectivity index is 1.78. The second kappa shape index (κ2) is 5.99. The summed E-state index contributed by atoms with van der Waals surface area (Å²) in [7, 11) is 0. The molecule has 0 bridgehead atoms. The third kappa shape index (κ3) is 3.65. The van der Waals surface area contributed by atoms with Gasteiger partial charge in [0.05, 0.1) is 6.54 Å². The Morgan fingerprint density at radius 1 is 1.63 bits per heavy atom. The van der Waals surface area contributed by atoms with Gasteiger partial charge in [-0.25, -0.2) is 0 Å². The molecular formula is C13H20N4O2. The lowest BCUT2D eigenvalue weighted by Gasteiger charge is -2.17. The summed E-state index contributed by atoms with van der Waals surface area (Å²) < 4.78 is 0. The fourth-order valence-electron chi connectivity index (χ4n) is 2.34. The third-order valence-electron chi connectivity index (χ3n) is 3.52. The van der Waals surface area contributed by atoms with Crippen molar-refractivity contribution in [1.29, 1.82) is 0 Å². The van der Waals surface area contributed by atoms with Crippen molar-refractivity contribution < 1.29 is 9.59 Å². The number of aromatic amines is 1. The molecule has 1 aromatic rings. The largest absolute Gasteiger partial charge is 0.357 e. The van der Waals surface area contributed by atoms with E-state index in [9.17, 15) is 9.59 Å². The van der Waals surface area contributed by atoms with Crippen LogP contribution < -0.4 is 11.1 Å². The monoisotopic (exact) mass is 264 g/mol. The first-order chi connectivity index (χ1) is 9.06. The third-order valence-corrected chi connectivity index (χ3v) is 3.52. The van der Waals surface area contributed by atoms with Crippen LogP contribution in [0.15, 0.2) is 18.3 Å². The van der Waals surface area contributed by atoms with Crippen LogP contribution in [-0.2, 0) is 4.79 Å². The van der Waals surface area contributed by atoms with E-state index in [1.54, 1.807) is 18.3 Å². The van der Waals surface area contributed by atoms with Gasteiger partial charge < -0.3 is 10.7 Å². The molecule has 2 rings (SSSR count). The molecule has 2 amide bonds. The van der Waals surface area contributed by atoms with Crippen molar-refractivity contribution >= 4 is 11.8 Å². The number of carbonyl (C=O) groups is 2. The van der Waals surface area contributed by atoms with E-state index in [1.807, 2.05) is 11.8 Å². The van der Waals surface area contributed by atoms with Gasteiger partial charge in [0, 0.05) is 18.8 Å². The molecule has 104 valence electrons. The predicted molar refractivity (Wildman–Crippen MR) is 71.5 cm³/mol. The van der Waals surface area contributed by atoms with Crippen molar-refractivity contribution in [3.8, 4) is 0 Å². The van der Waals surface area contributed by atoms with Crippen molar-refractivity contribution in [2.45, 2.75) is 19.4 Å². The van der Waals surface area contributed by atoms with E-state index in [4.69, 9.17) is 5.73 Å². The van der Waals surface area contributed by atoms with E-state index in [1.165, 1.54) is 0 Å². The van der Waals surface area contributed by atoms with Gasteiger partial charge in [0.1, 0.15) is 5.69 Å². The Kier molecular flexibility index (Phi) is 4.34. The predicted octanol–water partition coefficient (Wildman–Crippen LogP) is -0.0598. The van der Waals surface area contributed by atoms with Crippen molar-refractivity contribution in [2.24, 2.45) is 11.7 Å². The molecule has 19 heavy (non-hydrogen) atoms. The number of likely N-dealkylation sites (tertiary alicyclic amines) is 1. The molecule has 1 saturated heterocycles. The second-order valence-corrected chi connectivity index (χ2v) is 5.10. The molecule has 0 radical (unpaired) electrons. The van der Waals surface area contributed by atoms with Gasteiger partial charge in [-0.05, 0) is 37.9 Å². The molecule has 2 unspecified atom stereocenters. The number of amides is 2. The maximum Gasteiger partial charge on any atom is 0.274 e. The molecule has 0 saturated carbocycles. The molecule has 2 atom stereocenters. The summed E-state index contributed by atoms with van der Waals surface area (Å²) in [6.45, 7) is 3.91. The molecule has 0 aromatic carbocycles. The molecule has 0 spiro atoms. The highest BCUT2D eigenvalue weighted by molar-refractivity contribution is 6.04. The summed E-state index contributed by atoms with van der Waals surface area (Å²) in [5.41, 5.74) is 6.24. The zero-order valence-electron chi connectivity index (χ0n) is 11.1. The van der Waals surface area contributed by atoms with Crippen LogP contribution in [0.5, 0.6) is 0 Å². The number of rotatable bonds is 4. The summed E-state index contributed by atoms with van der Waals surface area (Å²) in [6, 6.07) is 3.49. The standard InChI is InChI=1S/C13H20N4O2/c1-9(14)10-4-6-17(7-10)8-12(18)16-13(19)11-3-2-5-15-11/h2-3,5,9-10,15H,4,6-8,14H2,1H3,(H,16,18,19). The summed E-state index contributed by atoms with van der Waals surface area (Å²) in [6.07, 6.45) is 2.66. The highest BCUT2D eigenvalue weighted by atomic mass is 16.2. The molecule has 6 heteroatoms. The molecule has 0 aliphatic carbocycles. The number of hydrogen-bond acceptors (Lipinski definition) is 4. The van der Waals surface area contributed by atoms with Crippen LogP contribution in [0.3, 0.4) is 0 Å². The fourth-order valence-corrected chi connectivity index (χ4v) is 2.34. The van der Waals surface area contributed by atoms with Gasteiger partial charge in [-0.1, -0.05) is 0 Å². The van der Waals surface area contributed by atoms with Crippen LogP contribution in [0.25, 0.3) is 0 Å². The Morgan fingerprint density at radius 3 is 3.00 bits per heavy atom. The Bertz CT molecular complexity index is 442. The Morgan fingerprint density at radius 2 is 2.42 bits per heavy atom. The van der Waals surface area contributed by atoms with Crippen LogP contribution in [0, 0.1) is 5.92 Å². The topological polar surface area (TPSA) is 91.2 Å². The first-order valence-corrected chi connectivity index (χ1v) is 6.52. The van der Waals surface area contributed by atoms with E-state index in [-0.39, 0.29) is 18.5 Å². The van der Waals surface area contributed by atoms with E-state index in [0.29, 0.717) is 11.6 Å². The summed E-state index contributed by atoms with van der Waals surface area (Å²) >= 11 is 0. The van der Waals surface area contributed by atoms with Crippen molar-refractivity contribution in [2.75, 3.05) is 19.6 Å². The van der Waals surface area contributed by atoms with Crippen LogP contribution in [0.2, 0.25) is 0 Å². The highest BCUT2D eigenvalue weighted by Crippen LogP contribution is 2.17. The maximum atomic E-state index is 11.8. The fraction of sp³-hybridized carbons (Fsp3) is 0.538. The minimum Gasteiger partial charge on any atom is -0.357 e. The average Bonchev–Trinajstić information content (AvgIpc) is 2.98. The average molecular weight is 264 g/mol. The van der Waals surface area contributed by atoms with Gasteiger partial charge in [0.15, 0.2) is 0 Å². The molecule has 4 N–H and O–H groups in total. The minimum absolute atomic E-state index is 0.147. The van der Waals surface area contributed by atoms with Crippen LogP contribution in [-0.4, -0.2) is 47.4 Å². The summed E-state index contributed by atoms with van der Waals surface area (Å²) in [4.78, 5) is 28.2. The molecule has 6 nitrogen and oxygen atoms in total. The number of nitrogens with two attached hydrogens (primary N) is 1. The Labute approximate surface area is 112 Å². The number of imide groups is 1. The van der Waals surface area contributed by atoms with Crippen molar-refractivity contribution in [3.63, 3.8) is 0 Å². The maximum absolute atomic E-state index is 11.8. The van der Waals surface area contributed by atoms with Crippen LogP contribution in [0.1, 0.15) is 23.8 Å². The van der Waals surface area contributed by atoms with Gasteiger partial charge in [0.25, 0.3) is 5.91 Å². The SMILES string of the molecule is CC(N)C1CCN(CC(=O)NC(=O)c2ccc[nH]2)C1. The number of nitrogens with one attached hydrogen (secondary N) is 2. The van der Waals surface area contributed by atoms with E-state index >= 15 is 0 Å². The van der Waals surface area contributed by atoms with Crippen LogP contribution in [0.4, 0.5) is 0 Å². The molecule has 1 aliphatic heterocycles. The van der Waals surface area contributed by atoms with Gasteiger partial charge >= 0.3 is 0 Å². The van der Waals surface area contributed by atoms with Crippen molar-refractivity contribution in [1.82, 2.24) is 15.2 Å². The number of H-pyrrole nitrogens is 1. The molecule has 1 aromatic heterocycles. The second-order valence-electron chi connectivity index (χ2n) is 5.10. The first-order valence-electron chi connectivity index (χ1n) is 6.52. The number of hydrogen-bond donors (Lipinski definition) is 3. The lowest BCUT2D eigenvalue weighted by atomic mass is 10.0. The van der Waals surface area contributed by atoms with Gasteiger partial charge in [-0.3, -0.25) is 19.8 Å². The smallest absolute Gasteiger partial charge is 0.274 e.